The second-order valence-electron chi connectivity index (χ2n) is 2.95. The molecule has 0 aliphatic rings. The Balaban J connectivity index is 3.22. The van der Waals surface area contributed by atoms with Gasteiger partial charge in [0, 0.05) is 14.1 Å². The van der Waals surface area contributed by atoms with Gasteiger partial charge in [-0.05, 0) is 0 Å². The fourth-order valence-corrected chi connectivity index (χ4v) is 1.29. The topological polar surface area (TPSA) is 96.0 Å². The van der Waals surface area contributed by atoms with Crippen molar-refractivity contribution >= 4 is 16.9 Å². The van der Waals surface area contributed by atoms with Crippen molar-refractivity contribution in [1.82, 2.24) is 14.3 Å². The second kappa shape index (κ2) is 2.47. The van der Waals surface area contributed by atoms with Gasteiger partial charge in [-0.3, -0.25) is 13.9 Å². The zero-order chi connectivity index (χ0) is 10.5. The number of nitrogens with zero attached hydrogens (tertiary/aromatic N) is 3. The van der Waals surface area contributed by atoms with Crippen LogP contribution in [0.2, 0.25) is 0 Å². The zero-order valence-corrected chi connectivity index (χ0v) is 7.64. The molecule has 0 amide bonds. The first-order valence-corrected chi connectivity index (χ1v) is 3.85. The zero-order valence-electron chi connectivity index (χ0n) is 7.64. The Labute approximate surface area is 77.3 Å². The Morgan fingerprint density at radius 1 is 1.29 bits per heavy atom. The van der Waals surface area contributed by atoms with E-state index in [0.717, 1.165) is 4.57 Å². The van der Waals surface area contributed by atoms with Crippen LogP contribution in [0.5, 0.6) is 0 Å². The smallest absolute Gasteiger partial charge is 0.332 e. The largest absolute Gasteiger partial charge is 0.367 e. The molecule has 0 fully saturated rings. The molecule has 0 saturated heterocycles. The van der Waals surface area contributed by atoms with Gasteiger partial charge in [-0.15, -0.1) is 0 Å². The molecule has 2 N–H and O–H groups in total. The van der Waals surface area contributed by atoms with Crippen molar-refractivity contribution in [2.45, 2.75) is 0 Å². The molecule has 7 heteroatoms. The molecule has 14 heavy (non-hydrogen) atoms. The quantitative estimate of drug-likeness (QED) is 0.571. The van der Waals surface area contributed by atoms with Crippen LogP contribution < -0.4 is 17.0 Å². The lowest BCUT2D eigenvalue weighted by Crippen LogP contribution is -2.36. The van der Waals surface area contributed by atoms with Crippen molar-refractivity contribution in [3.63, 3.8) is 0 Å². The van der Waals surface area contributed by atoms with Crippen LogP contribution in [-0.2, 0) is 14.1 Å². The lowest BCUT2D eigenvalue weighted by atomic mass is 10.4. The van der Waals surface area contributed by atoms with Crippen molar-refractivity contribution in [2.24, 2.45) is 14.1 Å². The monoisotopic (exact) mass is 196 g/mol. The minimum atomic E-state index is -0.498. The summed E-state index contributed by atoms with van der Waals surface area (Å²) >= 11 is 0. The highest BCUT2D eigenvalue weighted by Gasteiger charge is 2.15. The normalized spacial score (nSPS) is 11.0. The Bertz CT molecular complexity index is 618. The number of aromatic nitrogens is 3. The maximum absolute atomic E-state index is 11.6. The molecule has 74 valence electrons. The SMILES string of the molecule is Cn1c(=O)c2c(N)onc2n(C)c1=O. The summed E-state index contributed by atoms with van der Waals surface area (Å²) in [7, 11) is 2.86. The fourth-order valence-electron chi connectivity index (χ4n) is 1.29. The highest BCUT2D eigenvalue weighted by Crippen LogP contribution is 2.12. The summed E-state index contributed by atoms with van der Waals surface area (Å²) in [5.74, 6) is -0.0730. The van der Waals surface area contributed by atoms with E-state index in [1.165, 1.54) is 18.7 Å². The van der Waals surface area contributed by atoms with E-state index < -0.39 is 11.2 Å². The molecule has 0 bridgehead atoms. The maximum atomic E-state index is 11.6. The Hall–Kier alpha value is -2.05. The van der Waals surface area contributed by atoms with Gasteiger partial charge in [0.2, 0.25) is 5.88 Å². The highest BCUT2D eigenvalue weighted by atomic mass is 16.5. The minimum absolute atomic E-state index is 0.0730. The third-order valence-electron chi connectivity index (χ3n) is 2.11. The van der Waals surface area contributed by atoms with Gasteiger partial charge in [0.1, 0.15) is 5.39 Å². The van der Waals surface area contributed by atoms with Gasteiger partial charge in [0.15, 0.2) is 5.65 Å². The molecule has 0 unspecified atom stereocenters. The first-order valence-electron chi connectivity index (χ1n) is 3.85. The molecule has 2 aromatic heterocycles. The molecular weight excluding hydrogens is 188 g/mol. The number of hydrogen-bond donors (Lipinski definition) is 1. The number of fused-ring (bicyclic) bond motifs is 1. The van der Waals surface area contributed by atoms with E-state index >= 15 is 0 Å². The lowest BCUT2D eigenvalue weighted by molar-refractivity contribution is 0.440. The van der Waals surface area contributed by atoms with Crippen LogP contribution in [0.4, 0.5) is 5.88 Å². The summed E-state index contributed by atoms with van der Waals surface area (Å²) in [6.07, 6.45) is 0. The number of aryl methyl sites for hydroxylation is 1. The molecule has 0 radical (unpaired) electrons. The third kappa shape index (κ3) is 0.832. The summed E-state index contributed by atoms with van der Waals surface area (Å²) < 4.78 is 6.80. The lowest BCUT2D eigenvalue weighted by Gasteiger charge is -2.00. The summed E-state index contributed by atoms with van der Waals surface area (Å²) in [5.41, 5.74) is 4.61. The van der Waals surface area contributed by atoms with Gasteiger partial charge in [-0.25, -0.2) is 4.79 Å². The van der Waals surface area contributed by atoms with E-state index in [9.17, 15) is 9.59 Å². The van der Waals surface area contributed by atoms with Gasteiger partial charge in [0.05, 0.1) is 0 Å². The van der Waals surface area contributed by atoms with E-state index in [-0.39, 0.29) is 16.9 Å². The van der Waals surface area contributed by atoms with Gasteiger partial charge in [0.25, 0.3) is 5.56 Å². The Kier molecular flexibility index (Phi) is 1.51. The van der Waals surface area contributed by atoms with E-state index in [1.54, 1.807) is 0 Å². The standard InChI is InChI=1S/C7H8N4O3/c1-10-5-3(4(8)14-9-5)6(12)11(2)7(10)13/h8H2,1-2H3. The van der Waals surface area contributed by atoms with Crippen molar-refractivity contribution < 1.29 is 4.52 Å². The fraction of sp³-hybridized carbons (Fsp3) is 0.286. The molecule has 0 saturated carbocycles. The van der Waals surface area contributed by atoms with E-state index in [1.807, 2.05) is 0 Å². The number of anilines is 1. The van der Waals surface area contributed by atoms with Gasteiger partial charge >= 0.3 is 5.69 Å². The van der Waals surface area contributed by atoms with Crippen LogP contribution in [0, 0.1) is 0 Å². The summed E-state index contributed by atoms with van der Waals surface area (Å²) in [6, 6.07) is 0. The molecule has 2 heterocycles. The first-order chi connectivity index (χ1) is 6.54. The number of rotatable bonds is 0. The molecular formula is C7H8N4O3. The predicted molar refractivity (Wildman–Crippen MR) is 48.9 cm³/mol. The van der Waals surface area contributed by atoms with Gasteiger partial charge in [-0.1, -0.05) is 5.16 Å². The predicted octanol–water partition coefficient (Wildman–Crippen LogP) is -1.19. The average molecular weight is 196 g/mol. The molecule has 0 aliphatic heterocycles. The Morgan fingerprint density at radius 3 is 2.57 bits per heavy atom. The van der Waals surface area contributed by atoms with E-state index in [4.69, 9.17) is 5.73 Å². The van der Waals surface area contributed by atoms with Crippen LogP contribution in [0.1, 0.15) is 0 Å². The molecule has 2 aromatic rings. The summed E-state index contributed by atoms with van der Waals surface area (Å²) in [5, 5.41) is 3.66. The van der Waals surface area contributed by atoms with Crippen molar-refractivity contribution in [3.05, 3.63) is 20.8 Å². The number of hydrogen-bond acceptors (Lipinski definition) is 5. The minimum Gasteiger partial charge on any atom is -0.367 e. The van der Waals surface area contributed by atoms with Crippen LogP contribution in [-0.4, -0.2) is 14.3 Å². The summed E-state index contributed by atoms with van der Waals surface area (Å²) in [6.45, 7) is 0. The number of nitrogens with two attached hydrogens (primary N) is 1. The Morgan fingerprint density at radius 2 is 1.93 bits per heavy atom. The first kappa shape index (κ1) is 8.54. The summed E-state index contributed by atoms with van der Waals surface area (Å²) in [4.78, 5) is 23.0. The molecule has 0 atom stereocenters. The van der Waals surface area contributed by atoms with Crippen LogP contribution >= 0.6 is 0 Å². The van der Waals surface area contributed by atoms with E-state index in [2.05, 4.69) is 9.68 Å². The van der Waals surface area contributed by atoms with E-state index in [0.29, 0.717) is 0 Å². The average Bonchev–Trinajstić information content (AvgIpc) is 2.54. The number of nitrogen functional groups attached to an aromatic ring is 1. The van der Waals surface area contributed by atoms with Crippen LogP contribution in [0.15, 0.2) is 14.1 Å². The van der Waals surface area contributed by atoms with Gasteiger partial charge < -0.3 is 10.3 Å². The van der Waals surface area contributed by atoms with Crippen molar-refractivity contribution in [1.29, 1.82) is 0 Å². The molecule has 0 aliphatic carbocycles. The molecule has 2 rings (SSSR count). The third-order valence-corrected chi connectivity index (χ3v) is 2.11. The second-order valence-corrected chi connectivity index (χ2v) is 2.95. The highest BCUT2D eigenvalue weighted by molar-refractivity contribution is 5.83. The molecule has 0 aromatic carbocycles. The van der Waals surface area contributed by atoms with Crippen molar-refractivity contribution in [2.75, 3.05) is 5.73 Å². The van der Waals surface area contributed by atoms with Crippen molar-refractivity contribution in [3.8, 4) is 0 Å². The van der Waals surface area contributed by atoms with Crippen LogP contribution in [0.25, 0.3) is 11.0 Å². The molecule has 7 nitrogen and oxygen atoms in total. The van der Waals surface area contributed by atoms with Gasteiger partial charge in [-0.2, -0.15) is 0 Å². The maximum Gasteiger partial charge on any atom is 0.332 e. The molecule has 0 spiro atoms. The van der Waals surface area contributed by atoms with Crippen LogP contribution in [0.3, 0.4) is 0 Å².